The van der Waals surface area contributed by atoms with E-state index < -0.39 is 11.5 Å². The summed E-state index contributed by atoms with van der Waals surface area (Å²) < 4.78 is 7.57. The molecule has 0 fully saturated rings. The number of para-hydroxylation sites is 1. The van der Waals surface area contributed by atoms with E-state index in [-0.39, 0.29) is 18.4 Å². The number of carbonyl (C=O) groups excluding carboxylic acids is 2. The molecule has 206 valence electrons. The zero-order valence-corrected chi connectivity index (χ0v) is 22.8. The van der Waals surface area contributed by atoms with Gasteiger partial charge in [0.15, 0.2) is 5.82 Å². The standard InChI is InChI=1S/C29H37N7O3/c1-29(2,3)28(38)32-25(20-39-19-21-10-5-4-6-11-21)27-33-34-35-36(27)17-9-14-26(37)30-16-15-22-18-31-24-13-8-7-12-23(22)24/h4-8,10-13,18,25,31H,9,14-17,19-20H2,1-3H3,(H,30,37)(H,32,38)/t25-/m1/s1. The Morgan fingerprint density at radius 2 is 1.85 bits per heavy atom. The second-order valence-electron chi connectivity index (χ2n) is 10.6. The van der Waals surface area contributed by atoms with Crippen molar-refractivity contribution in [3.05, 3.63) is 77.7 Å². The van der Waals surface area contributed by atoms with Crippen molar-refractivity contribution in [1.82, 2.24) is 35.8 Å². The van der Waals surface area contributed by atoms with E-state index in [9.17, 15) is 9.59 Å². The predicted molar refractivity (Wildman–Crippen MR) is 149 cm³/mol. The van der Waals surface area contributed by atoms with Gasteiger partial charge in [-0.1, -0.05) is 69.3 Å². The lowest BCUT2D eigenvalue weighted by molar-refractivity contribution is -0.130. The molecule has 0 unspecified atom stereocenters. The van der Waals surface area contributed by atoms with E-state index in [1.54, 1.807) is 4.68 Å². The fourth-order valence-corrected chi connectivity index (χ4v) is 4.20. The molecule has 1 atom stereocenters. The van der Waals surface area contributed by atoms with Gasteiger partial charge in [0.1, 0.15) is 6.04 Å². The zero-order chi connectivity index (χ0) is 27.7. The van der Waals surface area contributed by atoms with E-state index in [1.165, 1.54) is 10.9 Å². The molecule has 2 aromatic heterocycles. The quantitative estimate of drug-likeness (QED) is 0.241. The summed E-state index contributed by atoms with van der Waals surface area (Å²) in [7, 11) is 0. The number of aromatic nitrogens is 5. The molecule has 0 saturated heterocycles. The Morgan fingerprint density at radius 3 is 2.64 bits per heavy atom. The Labute approximate surface area is 228 Å². The number of aromatic amines is 1. The number of ether oxygens (including phenoxy) is 1. The minimum atomic E-state index is -0.583. The van der Waals surface area contributed by atoms with E-state index in [0.717, 1.165) is 17.5 Å². The van der Waals surface area contributed by atoms with Gasteiger partial charge in [-0.05, 0) is 40.5 Å². The summed E-state index contributed by atoms with van der Waals surface area (Å²) in [4.78, 5) is 28.5. The van der Waals surface area contributed by atoms with E-state index in [2.05, 4.69) is 37.2 Å². The maximum Gasteiger partial charge on any atom is 0.226 e. The summed E-state index contributed by atoms with van der Waals surface area (Å²) in [6.07, 6.45) is 3.65. The van der Waals surface area contributed by atoms with Gasteiger partial charge in [0.2, 0.25) is 11.8 Å². The van der Waals surface area contributed by atoms with Gasteiger partial charge in [0.05, 0.1) is 13.2 Å². The summed E-state index contributed by atoms with van der Waals surface area (Å²) >= 11 is 0. The highest BCUT2D eigenvalue weighted by Gasteiger charge is 2.28. The molecule has 4 rings (SSSR count). The minimum absolute atomic E-state index is 0.0201. The first-order valence-corrected chi connectivity index (χ1v) is 13.3. The second-order valence-corrected chi connectivity index (χ2v) is 10.6. The van der Waals surface area contributed by atoms with Crippen molar-refractivity contribution in [2.45, 2.75) is 59.2 Å². The molecule has 0 saturated carbocycles. The number of nitrogens with one attached hydrogen (secondary N) is 3. The monoisotopic (exact) mass is 531 g/mol. The molecule has 2 amide bonds. The van der Waals surface area contributed by atoms with Gasteiger partial charge in [-0.2, -0.15) is 0 Å². The van der Waals surface area contributed by atoms with Gasteiger partial charge in [-0.3, -0.25) is 9.59 Å². The average Bonchev–Trinajstić information content (AvgIpc) is 3.55. The highest BCUT2D eigenvalue weighted by molar-refractivity contribution is 5.83. The summed E-state index contributed by atoms with van der Waals surface area (Å²) in [5.41, 5.74) is 2.73. The number of H-pyrrole nitrogens is 1. The van der Waals surface area contributed by atoms with Crippen molar-refractivity contribution in [3.8, 4) is 0 Å². The van der Waals surface area contributed by atoms with E-state index in [1.807, 2.05) is 75.5 Å². The lowest BCUT2D eigenvalue weighted by Gasteiger charge is -2.24. The zero-order valence-electron chi connectivity index (χ0n) is 22.8. The number of fused-ring (bicyclic) bond motifs is 1. The third kappa shape index (κ3) is 7.97. The van der Waals surface area contributed by atoms with Crippen LogP contribution in [0.5, 0.6) is 0 Å². The first-order valence-electron chi connectivity index (χ1n) is 13.3. The van der Waals surface area contributed by atoms with Crippen LogP contribution in [0.15, 0.2) is 60.8 Å². The Balaban J connectivity index is 1.28. The number of nitrogens with zero attached hydrogens (tertiary/aromatic N) is 4. The number of rotatable bonds is 13. The highest BCUT2D eigenvalue weighted by atomic mass is 16.5. The largest absolute Gasteiger partial charge is 0.374 e. The van der Waals surface area contributed by atoms with Crippen LogP contribution in [0, 0.1) is 5.41 Å². The van der Waals surface area contributed by atoms with Crippen molar-refractivity contribution in [2.75, 3.05) is 13.2 Å². The maximum atomic E-state index is 12.8. The molecular weight excluding hydrogens is 494 g/mol. The van der Waals surface area contributed by atoms with Crippen LogP contribution in [-0.2, 0) is 33.9 Å². The fraction of sp³-hybridized carbons (Fsp3) is 0.414. The molecule has 4 aromatic rings. The van der Waals surface area contributed by atoms with Crippen LogP contribution >= 0.6 is 0 Å². The number of amides is 2. The smallest absolute Gasteiger partial charge is 0.226 e. The topological polar surface area (TPSA) is 127 Å². The molecular formula is C29H37N7O3. The van der Waals surface area contributed by atoms with Crippen molar-refractivity contribution in [1.29, 1.82) is 0 Å². The molecule has 10 heteroatoms. The summed E-state index contributed by atoms with van der Waals surface area (Å²) in [5.74, 6) is 0.355. The molecule has 10 nitrogen and oxygen atoms in total. The van der Waals surface area contributed by atoms with Crippen LogP contribution in [0.25, 0.3) is 10.9 Å². The van der Waals surface area contributed by atoms with Crippen molar-refractivity contribution < 1.29 is 14.3 Å². The molecule has 2 aromatic carbocycles. The number of tetrazole rings is 1. The third-order valence-corrected chi connectivity index (χ3v) is 6.42. The Morgan fingerprint density at radius 1 is 1.08 bits per heavy atom. The molecule has 0 aliphatic heterocycles. The predicted octanol–water partition coefficient (Wildman–Crippen LogP) is 3.71. The lowest BCUT2D eigenvalue weighted by atomic mass is 9.95. The summed E-state index contributed by atoms with van der Waals surface area (Å²) in [6, 6.07) is 17.4. The Hall–Kier alpha value is -4.05. The van der Waals surface area contributed by atoms with Gasteiger partial charge in [-0.25, -0.2) is 4.68 Å². The van der Waals surface area contributed by atoms with Gasteiger partial charge in [0, 0.05) is 42.0 Å². The normalized spacial score (nSPS) is 12.4. The minimum Gasteiger partial charge on any atom is -0.374 e. The van der Waals surface area contributed by atoms with Crippen LogP contribution < -0.4 is 10.6 Å². The summed E-state index contributed by atoms with van der Waals surface area (Å²) in [5, 5.41) is 19.3. The molecule has 39 heavy (non-hydrogen) atoms. The van der Waals surface area contributed by atoms with Crippen LogP contribution in [0.4, 0.5) is 0 Å². The van der Waals surface area contributed by atoms with Crippen molar-refractivity contribution in [3.63, 3.8) is 0 Å². The Bertz CT molecular complexity index is 1360. The van der Waals surface area contributed by atoms with Gasteiger partial charge in [0.25, 0.3) is 0 Å². The fourth-order valence-electron chi connectivity index (χ4n) is 4.20. The van der Waals surface area contributed by atoms with E-state index in [4.69, 9.17) is 4.74 Å². The number of carbonyl (C=O) groups is 2. The Kier molecular flexibility index (Phi) is 9.43. The number of hydrogen-bond donors (Lipinski definition) is 3. The summed E-state index contributed by atoms with van der Waals surface area (Å²) in [6.45, 7) is 7.18. The lowest BCUT2D eigenvalue weighted by Crippen LogP contribution is -2.40. The van der Waals surface area contributed by atoms with Crippen LogP contribution in [-0.4, -0.2) is 50.2 Å². The van der Waals surface area contributed by atoms with Crippen molar-refractivity contribution >= 4 is 22.7 Å². The molecule has 0 radical (unpaired) electrons. The average molecular weight is 532 g/mol. The molecule has 2 heterocycles. The van der Waals surface area contributed by atoms with Crippen LogP contribution in [0.3, 0.4) is 0 Å². The highest BCUT2D eigenvalue weighted by Crippen LogP contribution is 2.19. The first kappa shape index (κ1) is 28.0. The van der Waals surface area contributed by atoms with Gasteiger partial charge >= 0.3 is 0 Å². The third-order valence-electron chi connectivity index (χ3n) is 6.42. The molecule has 0 bridgehead atoms. The number of aryl methyl sites for hydroxylation is 1. The molecule has 0 spiro atoms. The van der Waals surface area contributed by atoms with Crippen LogP contribution in [0.2, 0.25) is 0 Å². The molecule has 0 aliphatic rings. The van der Waals surface area contributed by atoms with Gasteiger partial charge < -0.3 is 20.4 Å². The van der Waals surface area contributed by atoms with E-state index >= 15 is 0 Å². The number of hydrogen-bond acceptors (Lipinski definition) is 6. The SMILES string of the molecule is CC(C)(C)C(=O)N[C@H](COCc1ccccc1)c1nnnn1CCCC(=O)NCCc1c[nH]c2ccccc12. The van der Waals surface area contributed by atoms with Gasteiger partial charge in [-0.15, -0.1) is 5.10 Å². The molecule has 3 N–H and O–H groups in total. The second kappa shape index (κ2) is 13.1. The van der Waals surface area contributed by atoms with E-state index in [0.29, 0.717) is 38.4 Å². The number of benzene rings is 2. The molecule has 0 aliphatic carbocycles. The van der Waals surface area contributed by atoms with Crippen LogP contribution in [0.1, 0.15) is 56.6 Å². The first-order chi connectivity index (χ1) is 18.8. The maximum absolute atomic E-state index is 12.8. The van der Waals surface area contributed by atoms with Crippen molar-refractivity contribution in [2.24, 2.45) is 5.41 Å².